The van der Waals surface area contributed by atoms with Crippen molar-refractivity contribution in [3.05, 3.63) is 59.7 Å². The number of halogens is 2. The zero-order chi connectivity index (χ0) is 17.9. The lowest BCUT2D eigenvalue weighted by Gasteiger charge is -2.11. The molecule has 0 saturated carbocycles. The second-order valence-corrected chi connectivity index (χ2v) is 7.07. The van der Waals surface area contributed by atoms with Gasteiger partial charge in [-0.05, 0) is 44.2 Å². The minimum absolute atomic E-state index is 0.241. The Hall–Kier alpha value is -2.32. The van der Waals surface area contributed by atoms with Crippen LogP contribution in [0.5, 0.6) is 0 Å². The summed E-state index contributed by atoms with van der Waals surface area (Å²) in [5.74, 6) is -2.51. The van der Waals surface area contributed by atoms with E-state index in [9.17, 15) is 22.0 Å². The summed E-state index contributed by atoms with van der Waals surface area (Å²) < 4.78 is 53.9. The van der Waals surface area contributed by atoms with Crippen molar-refractivity contribution in [3.8, 4) is 0 Å². The molecule has 0 fully saturated rings. The number of benzene rings is 2. The third-order valence-electron chi connectivity index (χ3n) is 3.01. The molecule has 24 heavy (non-hydrogen) atoms. The van der Waals surface area contributed by atoms with Crippen LogP contribution < -0.4 is 10.0 Å². The Labute approximate surface area is 138 Å². The van der Waals surface area contributed by atoms with Crippen molar-refractivity contribution in [1.29, 1.82) is 0 Å². The van der Waals surface area contributed by atoms with E-state index in [4.69, 9.17) is 0 Å². The molecule has 0 heterocycles. The molecule has 2 rings (SSSR count). The number of rotatable bonds is 5. The molecule has 0 spiro atoms. The SMILES string of the molecule is CC(C)NS(=O)(=O)c1ccc(NC(=O)c2ccccc2F)c(F)c1. The van der Waals surface area contributed by atoms with Crippen LogP contribution in [0.15, 0.2) is 47.4 Å². The molecule has 0 aliphatic carbocycles. The van der Waals surface area contributed by atoms with Gasteiger partial charge in [-0.1, -0.05) is 12.1 Å². The van der Waals surface area contributed by atoms with Gasteiger partial charge in [0.2, 0.25) is 10.0 Å². The van der Waals surface area contributed by atoms with E-state index in [0.717, 1.165) is 24.3 Å². The molecule has 0 atom stereocenters. The molecule has 0 unspecified atom stereocenters. The first-order valence-corrected chi connectivity index (χ1v) is 8.57. The van der Waals surface area contributed by atoms with Crippen LogP contribution >= 0.6 is 0 Å². The number of nitrogens with one attached hydrogen (secondary N) is 2. The molecule has 2 aromatic rings. The van der Waals surface area contributed by atoms with Gasteiger partial charge in [-0.15, -0.1) is 0 Å². The molecule has 0 aliphatic heterocycles. The Balaban J connectivity index is 2.25. The number of hydrogen-bond acceptors (Lipinski definition) is 3. The van der Waals surface area contributed by atoms with E-state index in [1.165, 1.54) is 18.2 Å². The van der Waals surface area contributed by atoms with E-state index in [-0.39, 0.29) is 22.2 Å². The van der Waals surface area contributed by atoms with Crippen molar-refractivity contribution in [3.63, 3.8) is 0 Å². The highest BCUT2D eigenvalue weighted by Gasteiger charge is 2.19. The maximum Gasteiger partial charge on any atom is 0.258 e. The fourth-order valence-electron chi connectivity index (χ4n) is 1.98. The predicted octanol–water partition coefficient (Wildman–Crippen LogP) is 2.90. The van der Waals surface area contributed by atoms with Gasteiger partial charge in [-0.2, -0.15) is 0 Å². The molecule has 0 bridgehead atoms. The van der Waals surface area contributed by atoms with Gasteiger partial charge in [0.1, 0.15) is 11.6 Å². The summed E-state index contributed by atoms with van der Waals surface area (Å²) in [6, 6.07) is 7.98. The van der Waals surface area contributed by atoms with Crippen molar-refractivity contribution in [2.45, 2.75) is 24.8 Å². The van der Waals surface area contributed by atoms with Gasteiger partial charge in [0.25, 0.3) is 5.91 Å². The summed E-state index contributed by atoms with van der Waals surface area (Å²) in [7, 11) is -3.85. The van der Waals surface area contributed by atoms with E-state index in [1.54, 1.807) is 13.8 Å². The van der Waals surface area contributed by atoms with Gasteiger partial charge >= 0.3 is 0 Å². The summed E-state index contributed by atoms with van der Waals surface area (Å²) >= 11 is 0. The van der Waals surface area contributed by atoms with Crippen LogP contribution in [0.2, 0.25) is 0 Å². The number of amides is 1. The molecule has 0 aromatic heterocycles. The molecular weight excluding hydrogens is 338 g/mol. The smallest absolute Gasteiger partial charge is 0.258 e. The summed E-state index contributed by atoms with van der Waals surface area (Å²) in [6.07, 6.45) is 0. The van der Waals surface area contributed by atoms with Gasteiger partial charge in [0.15, 0.2) is 0 Å². The Kier molecular flexibility index (Phi) is 5.30. The summed E-state index contributed by atoms with van der Waals surface area (Å²) in [5, 5.41) is 2.22. The Morgan fingerprint density at radius 1 is 1.04 bits per heavy atom. The van der Waals surface area contributed by atoms with Crippen molar-refractivity contribution in [1.82, 2.24) is 4.72 Å². The Bertz CT molecular complexity index is 867. The monoisotopic (exact) mass is 354 g/mol. The van der Waals surface area contributed by atoms with Crippen LogP contribution in [0.25, 0.3) is 0 Å². The molecule has 0 saturated heterocycles. The highest BCUT2D eigenvalue weighted by atomic mass is 32.2. The third kappa shape index (κ3) is 4.15. The summed E-state index contributed by atoms with van der Waals surface area (Å²) in [4.78, 5) is 11.7. The van der Waals surface area contributed by atoms with Crippen LogP contribution in [0.3, 0.4) is 0 Å². The van der Waals surface area contributed by atoms with Crippen LogP contribution in [0, 0.1) is 11.6 Å². The molecule has 2 aromatic carbocycles. The zero-order valence-corrected chi connectivity index (χ0v) is 13.8. The van der Waals surface area contributed by atoms with Crippen LogP contribution in [0.1, 0.15) is 24.2 Å². The number of carbonyl (C=O) groups is 1. The first-order valence-electron chi connectivity index (χ1n) is 7.08. The Morgan fingerprint density at radius 3 is 2.29 bits per heavy atom. The summed E-state index contributed by atoms with van der Waals surface area (Å²) in [6.45, 7) is 3.27. The highest BCUT2D eigenvalue weighted by molar-refractivity contribution is 7.89. The number of anilines is 1. The molecule has 0 aliphatic rings. The lowest BCUT2D eigenvalue weighted by molar-refractivity contribution is 0.102. The second-order valence-electron chi connectivity index (χ2n) is 5.35. The largest absolute Gasteiger partial charge is 0.319 e. The first kappa shape index (κ1) is 18.0. The predicted molar refractivity (Wildman–Crippen MR) is 86.2 cm³/mol. The van der Waals surface area contributed by atoms with Crippen molar-refractivity contribution in [2.24, 2.45) is 0 Å². The van der Waals surface area contributed by atoms with Crippen LogP contribution in [-0.4, -0.2) is 20.4 Å². The molecule has 1 amide bonds. The molecule has 0 radical (unpaired) electrons. The number of sulfonamides is 1. The minimum Gasteiger partial charge on any atom is -0.319 e. The average molecular weight is 354 g/mol. The van der Waals surface area contributed by atoms with Gasteiger partial charge in [0.05, 0.1) is 16.1 Å². The van der Waals surface area contributed by atoms with Gasteiger partial charge < -0.3 is 5.32 Å². The Morgan fingerprint density at radius 2 is 1.71 bits per heavy atom. The lowest BCUT2D eigenvalue weighted by atomic mass is 10.2. The van der Waals surface area contributed by atoms with E-state index in [1.807, 2.05) is 0 Å². The average Bonchev–Trinajstić information content (AvgIpc) is 2.48. The van der Waals surface area contributed by atoms with Crippen molar-refractivity contribution < 1.29 is 22.0 Å². The number of carbonyl (C=O) groups excluding carboxylic acids is 1. The van der Waals surface area contributed by atoms with E-state index < -0.39 is 27.6 Å². The maximum absolute atomic E-state index is 14.1. The molecule has 8 heteroatoms. The van der Waals surface area contributed by atoms with E-state index in [0.29, 0.717) is 0 Å². The fraction of sp³-hybridized carbons (Fsp3) is 0.188. The third-order valence-corrected chi connectivity index (χ3v) is 4.66. The standard InChI is InChI=1S/C16H16F2N2O3S/c1-10(2)20-24(22,23)11-7-8-15(14(18)9-11)19-16(21)12-5-3-4-6-13(12)17/h3-10,20H,1-2H3,(H,19,21). The summed E-state index contributed by atoms with van der Waals surface area (Å²) in [5.41, 5.74) is -0.484. The molecular formula is C16H16F2N2O3S. The normalized spacial score (nSPS) is 11.5. The number of hydrogen-bond donors (Lipinski definition) is 2. The minimum atomic E-state index is -3.85. The zero-order valence-electron chi connectivity index (χ0n) is 13.0. The van der Waals surface area contributed by atoms with Crippen LogP contribution in [0.4, 0.5) is 14.5 Å². The van der Waals surface area contributed by atoms with Gasteiger partial charge in [0, 0.05) is 6.04 Å². The van der Waals surface area contributed by atoms with E-state index >= 15 is 0 Å². The van der Waals surface area contributed by atoms with Crippen molar-refractivity contribution >= 4 is 21.6 Å². The molecule has 2 N–H and O–H groups in total. The van der Waals surface area contributed by atoms with E-state index in [2.05, 4.69) is 10.0 Å². The van der Waals surface area contributed by atoms with Crippen LogP contribution in [-0.2, 0) is 10.0 Å². The molecule has 128 valence electrons. The highest BCUT2D eigenvalue weighted by Crippen LogP contribution is 2.20. The van der Waals surface area contributed by atoms with Gasteiger partial charge in [-0.3, -0.25) is 4.79 Å². The first-order chi connectivity index (χ1) is 11.2. The van der Waals surface area contributed by atoms with Gasteiger partial charge in [-0.25, -0.2) is 21.9 Å². The maximum atomic E-state index is 14.1. The second kappa shape index (κ2) is 7.06. The molecule has 5 nitrogen and oxygen atoms in total. The quantitative estimate of drug-likeness (QED) is 0.867. The lowest BCUT2D eigenvalue weighted by Crippen LogP contribution is -2.30. The topological polar surface area (TPSA) is 75.3 Å². The fourth-order valence-corrected chi connectivity index (χ4v) is 3.24. The van der Waals surface area contributed by atoms with Crippen molar-refractivity contribution in [2.75, 3.05) is 5.32 Å².